The maximum absolute atomic E-state index is 12.6. The number of rotatable bonds is 4. The fourth-order valence-corrected chi connectivity index (χ4v) is 2.76. The second-order valence-corrected chi connectivity index (χ2v) is 6.03. The molecule has 0 unspecified atom stereocenters. The van der Waals surface area contributed by atoms with E-state index in [9.17, 15) is 4.79 Å². The highest BCUT2D eigenvalue weighted by molar-refractivity contribution is 6.08. The summed E-state index contributed by atoms with van der Waals surface area (Å²) in [4.78, 5) is 16.7. The number of pyridine rings is 1. The fraction of sp³-hybridized carbons (Fsp3) is 0. The number of H-pyrrole nitrogens is 1. The van der Waals surface area contributed by atoms with E-state index in [0.29, 0.717) is 16.9 Å². The lowest BCUT2D eigenvalue weighted by Gasteiger charge is -2.08. The first-order valence-electron chi connectivity index (χ1n) is 8.43. The highest BCUT2D eigenvalue weighted by Gasteiger charge is 2.11. The van der Waals surface area contributed by atoms with E-state index in [1.807, 2.05) is 48.6 Å². The summed E-state index contributed by atoms with van der Waals surface area (Å²) < 4.78 is 0. The van der Waals surface area contributed by atoms with Gasteiger partial charge in [-0.3, -0.25) is 14.9 Å². The van der Waals surface area contributed by atoms with E-state index >= 15 is 0 Å². The summed E-state index contributed by atoms with van der Waals surface area (Å²) in [6.07, 6.45) is 7.33. The van der Waals surface area contributed by atoms with Gasteiger partial charge in [0.2, 0.25) is 0 Å². The van der Waals surface area contributed by atoms with Crippen LogP contribution in [0.2, 0.25) is 0 Å². The quantitative estimate of drug-likeness (QED) is 0.483. The molecule has 0 aliphatic rings. The minimum atomic E-state index is -0.224. The second-order valence-electron chi connectivity index (χ2n) is 6.03. The molecule has 4 rings (SSSR count). The first-order valence-corrected chi connectivity index (χ1v) is 8.43. The number of hydrogen-bond donors (Lipinski definition) is 3. The first-order chi connectivity index (χ1) is 13.2. The van der Waals surface area contributed by atoms with Crippen LogP contribution in [0.3, 0.4) is 0 Å². The van der Waals surface area contributed by atoms with Gasteiger partial charge < -0.3 is 11.1 Å². The lowest BCUT2D eigenvalue weighted by atomic mass is 10.1. The molecule has 2 aromatic carbocycles. The van der Waals surface area contributed by atoms with Gasteiger partial charge in [-0.25, -0.2) is 0 Å². The number of anilines is 2. The van der Waals surface area contributed by atoms with Crippen molar-refractivity contribution in [1.29, 1.82) is 0 Å². The van der Waals surface area contributed by atoms with Crippen LogP contribution in [0.5, 0.6) is 0 Å². The third-order valence-electron chi connectivity index (χ3n) is 4.18. The van der Waals surface area contributed by atoms with Crippen molar-refractivity contribution in [3.63, 3.8) is 0 Å². The molecule has 0 aliphatic carbocycles. The number of fused-ring (bicyclic) bond motifs is 1. The van der Waals surface area contributed by atoms with Gasteiger partial charge in [-0.15, -0.1) is 0 Å². The molecule has 6 heteroatoms. The lowest BCUT2D eigenvalue weighted by molar-refractivity contribution is 0.102. The van der Waals surface area contributed by atoms with Gasteiger partial charge in [0, 0.05) is 23.3 Å². The van der Waals surface area contributed by atoms with Crippen molar-refractivity contribution >= 4 is 40.3 Å². The zero-order valence-corrected chi connectivity index (χ0v) is 14.4. The number of amides is 1. The molecule has 2 aromatic heterocycles. The fourth-order valence-electron chi connectivity index (χ4n) is 2.76. The number of para-hydroxylation sites is 2. The van der Waals surface area contributed by atoms with Crippen LogP contribution in [0.15, 0.2) is 67.0 Å². The highest BCUT2D eigenvalue weighted by Crippen LogP contribution is 2.22. The Morgan fingerprint density at radius 3 is 2.78 bits per heavy atom. The third kappa shape index (κ3) is 3.55. The van der Waals surface area contributed by atoms with E-state index in [1.54, 1.807) is 30.6 Å². The number of nitrogens with one attached hydrogen (secondary N) is 2. The molecule has 1 amide bonds. The number of nitrogens with zero attached hydrogens (tertiary/aromatic N) is 2. The lowest BCUT2D eigenvalue weighted by Crippen LogP contribution is -2.13. The summed E-state index contributed by atoms with van der Waals surface area (Å²) in [7, 11) is 0. The number of aromatic amines is 1. The molecule has 0 fully saturated rings. The van der Waals surface area contributed by atoms with Crippen LogP contribution >= 0.6 is 0 Å². The van der Waals surface area contributed by atoms with Gasteiger partial charge in [0.05, 0.1) is 22.6 Å². The number of hydrogen-bond acceptors (Lipinski definition) is 4. The Bertz CT molecular complexity index is 1130. The highest BCUT2D eigenvalue weighted by atomic mass is 16.1. The molecule has 0 atom stereocenters. The molecule has 0 radical (unpaired) electrons. The predicted octanol–water partition coefficient (Wildman–Crippen LogP) is 3.96. The van der Waals surface area contributed by atoms with Gasteiger partial charge in [-0.05, 0) is 48.0 Å². The van der Waals surface area contributed by atoms with Gasteiger partial charge in [-0.1, -0.05) is 24.3 Å². The van der Waals surface area contributed by atoms with Gasteiger partial charge >= 0.3 is 0 Å². The normalized spacial score (nSPS) is 11.1. The molecule has 6 nitrogen and oxygen atoms in total. The van der Waals surface area contributed by atoms with Crippen molar-refractivity contribution in [2.24, 2.45) is 0 Å². The number of nitrogens with two attached hydrogens (primary N) is 1. The maximum atomic E-state index is 12.6. The topological polar surface area (TPSA) is 96.7 Å². The van der Waals surface area contributed by atoms with Crippen LogP contribution in [0.25, 0.3) is 23.1 Å². The number of aromatic nitrogens is 3. The minimum Gasteiger partial charge on any atom is -0.397 e. The Balaban J connectivity index is 1.62. The van der Waals surface area contributed by atoms with Gasteiger partial charge in [0.15, 0.2) is 0 Å². The molecule has 132 valence electrons. The second kappa shape index (κ2) is 7.13. The zero-order valence-electron chi connectivity index (χ0n) is 14.4. The van der Waals surface area contributed by atoms with Gasteiger partial charge in [0.25, 0.3) is 5.91 Å². The summed E-state index contributed by atoms with van der Waals surface area (Å²) >= 11 is 0. The smallest absolute Gasteiger partial charge is 0.255 e. The molecule has 0 spiro atoms. The van der Waals surface area contributed by atoms with E-state index < -0.39 is 0 Å². The Hall–Kier alpha value is -3.93. The first kappa shape index (κ1) is 16.5. The van der Waals surface area contributed by atoms with Crippen LogP contribution in [-0.4, -0.2) is 21.1 Å². The molecule has 0 saturated carbocycles. The Labute approximate surface area is 155 Å². The molecule has 4 aromatic rings. The van der Waals surface area contributed by atoms with Crippen molar-refractivity contribution in [2.45, 2.75) is 0 Å². The van der Waals surface area contributed by atoms with Crippen LogP contribution < -0.4 is 11.1 Å². The van der Waals surface area contributed by atoms with E-state index in [-0.39, 0.29) is 5.91 Å². The van der Waals surface area contributed by atoms with Crippen LogP contribution in [-0.2, 0) is 0 Å². The van der Waals surface area contributed by atoms with Crippen LogP contribution in [0, 0.1) is 0 Å². The molecule has 0 bridgehead atoms. The summed E-state index contributed by atoms with van der Waals surface area (Å²) in [6.45, 7) is 0. The summed E-state index contributed by atoms with van der Waals surface area (Å²) in [5, 5.41) is 11.0. The SMILES string of the molecule is Nc1ccccc1NC(=O)c1ccc2[nH]nc(C=Cc3cccnc3)c2c1. The minimum absolute atomic E-state index is 0.224. The average Bonchev–Trinajstić information content (AvgIpc) is 3.11. The van der Waals surface area contributed by atoms with Crippen LogP contribution in [0.1, 0.15) is 21.6 Å². The molecular weight excluding hydrogens is 338 g/mol. The number of nitrogen functional groups attached to an aromatic ring is 1. The summed E-state index contributed by atoms with van der Waals surface area (Å²) in [6, 6.07) is 16.4. The van der Waals surface area contributed by atoms with Crippen molar-refractivity contribution in [2.75, 3.05) is 11.1 Å². The standard InChI is InChI=1S/C21H17N5O/c22-17-5-1-2-6-20(17)24-21(27)15-8-10-19-16(12-15)18(25-26-19)9-7-14-4-3-11-23-13-14/h1-13H,22H2,(H,24,27)(H,25,26). The Morgan fingerprint density at radius 1 is 1.07 bits per heavy atom. The predicted molar refractivity (Wildman–Crippen MR) is 108 cm³/mol. The molecule has 0 aliphatic heterocycles. The average molecular weight is 355 g/mol. The van der Waals surface area contributed by atoms with Gasteiger partial charge in [0.1, 0.15) is 0 Å². The molecular formula is C21H17N5O. The van der Waals surface area contributed by atoms with Crippen LogP contribution in [0.4, 0.5) is 11.4 Å². The monoisotopic (exact) mass is 355 g/mol. The third-order valence-corrected chi connectivity index (χ3v) is 4.18. The molecule has 27 heavy (non-hydrogen) atoms. The number of carbonyl (C=O) groups is 1. The number of carbonyl (C=O) groups excluding carboxylic acids is 1. The van der Waals surface area contributed by atoms with E-state index in [4.69, 9.17) is 5.73 Å². The van der Waals surface area contributed by atoms with Crippen molar-refractivity contribution in [3.05, 3.63) is 83.8 Å². The van der Waals surface area contributed by atoms with Gasteiger partial charge in [-0.2, -0.15) is 5.10 Å². The Morgan fingerprint density at radius 2 is 1.96 bits per heavy atom. The molecule has 4 N–H and O–H groups in total. The van der Waals surface area contributed by atoms with Crippen molar-refractivity contribution < 1.29 is 4.79 Å². The van der Waals surface area contributed by atoms with E-state index in [0.717, 1.165) is 22.2 Å². The van der Waals surface area contributed by atoms with Crippen molar-refractivity contribution in [1.82, 2.24) is 15.2 Å². The molecule has 2 heterocycles. The Kier molecular flexibility index (Phi) is 4.37. The van der Waals surface area contributed by atoms with E-state index in [2.05, 4.69) is 20.5 Å². The van der Waals surface area contributed by atoms with E-state index in [1.165, 1.54) is 0 Å². The maximum Gasteiger partial charge on any atom is 0.255 e. The number of benzene rings is 2. The summed E-state index contributed by atoms with van der Waals surface area (Å²) in [5.41, 5.74) is 10.1. The van der Waals surface area contributed by atoms with Crippen molar-refractivity contribution in [3.8, 4) is 0 Å². The summed E-state index contributed by atoms with van der Waals surface area (Å²) in [5.74, 6) is -0.224. The zero-order chi connectivity index (χ0) is 18.6. The molecule has 0 saturated heterocycles. The largest absolute Gasteiger partial charge is 0.397 e.